The Balaban J connectivity index is 1.67. The highest BCUT2D eigenvalue weighted by atomic mass is 31.2. The molecule has 0 radical (unpaired) electrons. The van der Waals surface area contributed by atoms with Crippen LogP contribution in [0.1, 0.15) is 27.2 Å². The number of nitrogens with zero attached hydrogens (tertiary/aromatic N) is 1. The summed E-state index contributed by atoms with van der Waals surface area (Å²) in [7, 11) is -4.31. The first-order chi connectivity index (χ1) is 17.4. The number of fused-ring (bicyclic) bond motifs is 1. The van der Waals surface area contributed by atoms with Gasteiger partial charge in [-0.05, 0) is 39.0 Å². The number of alkyl halides is 1. The molecule has 3 aliphatic rings. The predicted molar refractivity (Wildman–Crippen MR) is 122 cm³/mol. The predicted octanol–water partition coefficient (Wildman–Crippen LogP) is 1.79. The maximum absolute atomic E-state index is 16.2. The van der Waals surface area contributed by atoms with Gasteiger partial charge in [-0.3, -0.25) is 23.8 Å². The highest BCUT2D eigenvalue weighted by Gasteiger charge is 2.60. The van der Waals surface area contributed by atoms with Crippen molar-refractivity contribution in [2.75, 3.05) is 6.61 Å². The molecule has 1 unspecified atom stereocenters. The number of hydrogen-bond donors (Lipinski definition) is 1. The highest BCUT2D eigenvalue weighted by Crippen LogP contribution is 2.47. The van der Waals surface area contributed by atoms with E-state index in [1.807, 2.05) is 0 Å². The van der Waals surface area contributed by atoms with Gasteiger partial charge in [0.15, 0.2) is 29.9 Å². The van der Waals surface area contributed by atoms with E-state index in [2.05, 4.69) is 5.09 Å². The fraction of sp³-hybridized carbons (Fsp3) is 0.478. The molecule has 2 fully saturated rings. The summed E-state index contributed by atoms with van der Waals surface area (Å²) in [4.78, 5) is 50.1. The molecule has 1 aromatic rings. The molecule has 1 aromatic carbocycles. The third kappa shape index (κ3) is 5.74. The lowest BCUT2D eigenvalue weighted by atomic mass is 9.97. The van der Waals surface area contributed by atoms with Gasteiger partial charge in [0.1, 0.15) is 17.9 Å². The number of allylic oxidation sites excluding steroid dienone is 1. The lowest BCUT2D eigenvalue weighted by Crippen LogP contribution is -2.53. The van der Waals surface area contributed by atoms with Gasteiger partial charge >= 0.3 is 19.7 Å². The molecule has 14 heteroatoms. The molecule has 0 spiro atoms. The number of carbonyl (C=O) groups excluding carboxylic acids is 4. The summed E-state index contributed by atoms with van der Waals surface area (Å²) < 4.78 is 57.1. The van der Waals surface area contributed by atoms with Crippen molar-refractivity contribution in [3.8, 4) is 5.75 Å². The minimum atomic E-state index is -4.31. The Morgan fingerprint density at radius 2 is 1.81 bits per heavy atom. The number of rotatable bonds is 3. The van der Waals surface area contributed by atoms with Crippen LogP contribution in [0.15, 0.2) is 42.6 Å². The smallest absolute Gasteiger partial charge is 0.453 e. The van der Waals surface area contributed by atoms with Crippen molar-refractivity contribution in [2.24, 2.45) is 0 Å². The molecular formula is C23H26FN2O10P. The fourth-order valence-corrected chi connectivity index (χ4v) is 5.50. The topological polar surface area (TPSA) is 147 Å². The zero-order valence-corrected chi connectivity index (χ0v) is 21.1. The zero-order chi connectivity index (χ0) is 27.0. The number of halogens is 1. The van der Waals surface area contributed by atoms with Crippen LogP contribution in [0.4, 0.5) is 4.39 Å². The van der Waals surface area contributed by atoms with Crippen LogP contribution in [-0.2, 0) is 42.5 Å². The molecule has 7 atom stereocenters. The second kappa shape index (κ2) is 10.3. The number of para-hydroxylation sites is 1. The summed E-state index contributed by atoms with van der Waals surface area (Å²) in [5, 5.41) is 2.45. The summed E-state index contributed by atoms with van der Waals surface area (Å²) >= 11 is 0. The van der Waals surface area contributed by atoms with E-state index in [1.165, 1.54) is 26.0 Å². The van der Waals surface area contributed by atoms with Gasteiger partial charge < -0.3 is 18.7 Å². The number of carbonyl (C=O) groups is 4. The number of hydrogen-bond acceptors (Lipinski definition) is 10. The van der Waals surface area contributed by atoms with Crippen molar-refractivity contribution in [1.29, 1.82) is 0 Å². The van der Waals surface area contributed by atoms with Crippen molar-refractivity contribution < 1.29 is 51.4 Å². The molecule has 200 valence electrons. The molecule has 0 aliphatic carbocycles. The minimum absolute atomic E-state index is 0.150. The SMILES string of the molecule is C[C@@H]1NP(=O)(Oc2ccccc2)OC[C@H]2O[C@@H](N3C=CC(=O)CC3=O)[C@](C)(F)[C@@H]2OC(=O)[C@H](C)OC1=O. The summed E-state index contributed by atoms with van der Waals surface area (Å²) in [6, 6.07) is 6.73. The molecule has 37 heavy (non-hydrogen) atoms. The van der Waals surface area contributed by atoms with Crippen LogP contribution in [0, 0.1) is 0 Å². The number of esters is 2. The van der Waals surface area contributed by atoms with Crippen molar-refractivity contribution in [3.05, 3.63) is 42.6 Å². The Bertz CT molecular complexity index is 1160. The maximum atomic E-state index is 16.2. The molecule has 0 bridgehead atoms. The molecule has 1 amide bonds. The van der Waals surface area contributed by atoms with Crippen LogP contribution in [-0.4, -0.2) is 71.4 Å². The first-order valence-corrected chi connectivity index (χ1v) is 13.0. The molecule has 3 aliphatic heterocycles. The van der Waals surface area contributed by atoms with Gasteiger partial charge in [-0.2, -0.15) is 5.09 Å². The summed E-state index contributed by atoms with van der Waals surface area (Å²) in [6.45, 7) is 2.99. The number of nitrogens with one attached hydrogen (secondary N) is 1. The summed E-state index contributed by atoms with van der Waals surface area (Å²) in [5.74, 6) is -3.06. The quantitative estimate of drug-likeness (QED) is 0.340. The van der Waals surface area contributed by atoms with E-state index in [9.17, 15) is 23.7 Å². The van der Waals surface area contributed by atoms with Crippen molar-refractivity contribution in [1.82, 2.24) is 9.99 Å². The van der Waals surface area contributed by atoms with Crippen LogP contribution in [0.25, 0.3) is 0 Å². The number of cyclic esters (lactones) is 1. The van der Waals surface area contributed by atoms with Gasteiger partial charge in [0.05, 0.1) is 13.0 Å². The van der Waals surface area contributed by atoms with Crippen molar-refractivity contribution in [3.63, 3.8) is 0 Å². The maximum Gasteiger partial charge on any atom is 0.459 e. The largest absolute Gasteiger partial charge is 0.459 e. The van der Waals surface area contributed by atoms with E-state index >= 15 is 4.39 Å². The second-order valence-corrected chi connectivity index (χ2v) is 10.6. The number of ether oxygens (including phenoxy) is 3. The first-order valence-electron chi connectivity index (χ1n) is 11.4. The van der Waals surface area contributed by atoms with Crippen LogP contribution in [0.3, 0.4) is 0 Å². The Morgan fingerprint density at radius 1 is 1.11 bits per heavy atom. The van der Waals surface area contributed by atoms with Crippen LogP contribution in [0.2, 0.25) is 0 Å². The van der Waals surface area contributed by atoms with Gasteiger partial charge in [0.25, 0.3) is 0 Å². The first kappa shape index (κ1) is 26.9. The standard InChI is InChI=1S/C23H26FN2O10P/c1-13-20(29)33-14(2)21(30)35-19-17(12-32-37(31,25-13)36-16-7-5-4-6-8-16)34-22(23(19,3)24)26-10-9-15(27)11-18(26)28/h4-10,13-14,17,19,22H,11-12H2,1-3H3,(H,25,31)/t13-,14-,17+,19+,22+,23+,37?/m0/s1. The Labute approximate surface area is 211 Å². The fourth-order valence-electron chi connectivity index (χ4n) is 4.00. The van der Waals surface area contributed by atoms with E-state index in [0.29, 0.717) is 0 Å². The number of ketones is 1. The Morgan fingerprint density at radius 3 is 2.49 bits per heavy atom. The summed E-state index contributed by atoms with van der Waals surface area (Å²) in [6.07, 6.45) is -4.40. The summed E-state index contributed by atoms with van der Waals surface area (Å²) in [5.41, 5.74) is -2.51. The normalized spacial score (nSPS) is 37.2. The molecule has 0 saturated carbocycles. The third-order valence-corrected chi connectivity index (χ3v) is 7.56. The van der Waals surface area contributed by atoms with Crippen molar-refractivity contribution >= 4 is 31.4 Å². The van der Waals surface area contributed by atoms with Gasteiger partial charge in [0, 0.05) is 6.20 Å². The van der Waals surface area contributed by atoms with E-state index in [1.54, 1.807) is 18.2 Å². The Hall–Kier alpha value is -3.12. The van der Waals surface area contributed by atoms with E-state index < -0.39 is 80.7 Å². The molecular weight excluding hydrogens is 514 g/mol. The van der Waals surface area contributed by atoms with E-state index in [-0.39, 0.29) is 5.75 Å². The third-order valence-electron chi connectivity index (χ3n) is 5.92. The second-order valence-electron chi connectivity index (χ2n) is 8.92. The van der Waals surface area contributed by atoms with Crippen molar-refractivity contribution in [2.45, 2.75) is 63.4 Å². The molecule has 4 rings (SSSR count). The highest BCUT2D eigenvalue weighted by molar-refractivity contribution is 7.52. The number of benzene rings is 1. The molecule has 3 heterocycles. The van der Waals surface area contributed by atoms with E-state index in [0.717, 1.165) is 24.1 Å². The van der Waals surface area contributed by atoms with Crippen LogP contribution in [0.5, 0.6) is 5.75 Å². The van der Waals surface area contributed by atoms with Gasteiger partial charge in [-0.25, -0.2) is 13.8 Å². The van der Waals surface area contributed by atoms with Gasteiger partial charge in [-0.15, -0.1) is 0 Å². The van der Waals surface area contributed by atoms with Crippen LogP contribution >= 0.6 is 7.75 Å². The lowest BCUT2D eigenvalue weighted by molar-refractivity contribution is -0.177. The average Bonchev–Trinajstić information content (AvgIpc) is 3.07. The van der Waals surface area contributed by atoms with Gasteiger partial charge in [-0.1, -0.05) is 18.2 Å². The molecule has 12 nitrogen and oxygen atoms in total. The molecule has 2 saturated heterocycles. The van der Waals surface area contributed by atoms with Crippen LogP contribution < -0.4 is 9.61 Å². The molecule has 1 N–H and O–H groups in total. The average molecular weight is 540 g/mol. The van der Waals surface area contributed by atoms with E-state index in [4.69, 9.17) is 23.3 Å². The zero-order valence-electron chi connectivity index (χ0n) is 20.2. The Kier molecular flexibility index (Phi) is 7.52. The number of amides is 1. The minimum Gasteiger partial charge on any atom is -0.453 e. The lowest BCUT2D eigenvalue weighted by Gasteiger charge is -2.34. The van der Waals surface area contributed by atoms with Gasteiger partial charge in [0.2, 0.25) is 5.91 Å². The monoisotopic (exact) mass is 540 g/mol. The molecule has 0 aromatic heterocycles.